The predicted octanol–water partition coefficient (Wildman–Crippen LogP) is 5.78. The van der Waals surface area contributed by atoms with Crippen LogP contribution >= 0.6 is 23.2 Å². The lowest BCUT2D eigenvalue weighted by molar-refractivity contribution is 0.152. The fourth-order valence-corrected chi connectivity index (χ4v) is 5.74. The van der Waals surface area contributed by atoms with Gasteiger partial charge < -0.3 is 16.0 Å². The van der Waals surface area contributed by atoms with Gasteiger partial charge in [0, 0.05) is 44.8 Å². The normalized spacial score (nSPS) is 22.2. The molecule has 5 nitrogen and oxygen atoms in total. The summed E-state index contributed by atoms with van der Waals surface area (Å²) in [6.45, 7) is 4.64. The number of piperazine rings is 1. The summed E-state index contributed by atoms with van der Waals surface area (Å²) in [6, 6.07) is 16.5. The van der Waals surface area contributed by atoms with Crippen LogP contribution in [0.2, 0.25) is 10.0 Å². The molecule has 2 fully saturated rings. The third kappa shape index (κ3) is 7.11. The number of nitrogens with zero attached hydrogens (tertiary/aromatic N) is 1. The molecule has 1 aliphatic heterocycles. The molecule has 0 bridgehead atoms. The molecule has 1 saturated heterocycles. The summed E-state index contributed by atoms with van der Waals surface area (Å²) in [7, 11) is 0. The first-order valence-corrected chi connectivity index (χ1v) is 13.3. The Kier molecular flexibility index (Phi) is 9.51. The second kappa shape index (κ2) is 12.8. The summed E-state index contributed by atoms with van der Waals surface area (Å²) in [4.78, 5) is 14.9. The van der Waals surface area contributed by atoms with E-state index in [-0.39, 0.29) is 12.1 Å². The number of benzene rings is 2. The van der Waals surface area contributed by atoms with Gasteiger partial charge in [-0.05, 0) is 61.6 Å². The highest BCUT2D eigenvalue weighted by atomic mass is 35.5. The van der Waals surface area contributed by atoms with Crippen molar-refractivity contribution < 1.29 is 4.79 Å². The van der Waals surface area contributed by atoms with Crippen LogP contribution in [0.4, 0.5) is 4.79 Å². The van der Waals surface area contributed by atoms with Gasteiger partial charge in [-0.2, -0.15) is 0 Å². The monoisotopic (exact) mass is 502 g/mol. The van der Waals surface area contributed by atoms with Gasteiger partial charge in [-0.1, -0.05) is 65.7 Å². The van der Waals surface area contributed by atoms with E-state index in [9.17, 15) is 4.79 Å². The fraction of sp³-hybridized carbons (Fsp3) is 0.519. The molecule has 1 saturated carbocycles. The van der Waals surface area contributed by atoms with Gasteiger partial charge in [-0.3, -0.25) is 4.90 Å². The van der Waals surface area contributed by atoms with Crippen molar-refractivity contribution in [2.75, 3.05) is 26.2 Å². The van der Waals surface area contributed by atoms with Crippen molar-refractivity contribution in [1.82, 2.24) is 20.9 Å². The molecular formula is C27H36Cl2N4O. The SMILES string of the molecule is O=C(NCc1ccccc1)NC1CCC(CCC(c2cccc(Cl)c2Cl)N2CCNCC2)CC1. The molecule has 0 radical (unpaired) electrons. The molecule has 184 valence electrons. The summed E-state index contributed by atoms with van der Waals surface area (Å²) < 4.78 is 0. The Hall–Kier alpha value is -1.79. The van der Waals surface area contributed by atoms with Gasteiger partial charge in [-0.15, -0.1) is 0 Å². The quantitative estimate of drug-likeness (QED) is 0.428. The van der Waals surface area contributed by atoms with Crippen LogP contribution in [0.15, 0.2) is 48.5 Å². The van der Waals surface area contributed by atoms with Crippen LogP contribution in [0.3, 0.4) is 0 Å². The van der Waals surface area contributed by atoms with Gasteiger partial charge in [0.1, 0.15) is 0 Å². The topological polar surface area (TPSA) is 56.4 Å². The highest BCUT2D eigenvalue weighted by Gasteiger charge is 2.28. The number of halogens is 2. The molecule has 2 aliphatic rings. The minimum atomic E-state index is -0.0679. The van der Waals surface area contributed by atoms with Gasteiger partial charge >= 0.3 is 6.03 Å². The maximum Gasteiger partial charge on any atom is 0.315 e. The minimum Gasteiger partial charge on any atom is -0.335 e. The molecule has 1 heterocycles. The standard InChI is InChI=1S/C27H36Cl2N4O/c28-24-8-4-7-23(26(24)29)25(33-17-15-30-16-18-33)14-11-20-9-12-22(13-10-20)32-27(34)31-19-21-5-2-1-3-6-21/h1-8,20,22,25,30H,9-19H2,(H2,31,32,34). The first kappa shape index (κ1) is 25.3. The lowest BCUT2D eigenvalue weighted by Crippen LogP contribution is -2.45. The first-order valence-electron chi connectivity index (χ1n) is 12.6. The van der Waals surface area contributed by atoms with E-state index >= 15 is 0 Å². The van der Waals surface area contributed by atoms with E-state index < -0.39 is 0 Å². The zero-order chi connectivity index (χ0) is 23.8. The van der Waals surface area contributed by atoms with Crippen LogP contribution in [-0.4, -0.2) is 43.2 Å². The van der Waals surface area contributed by atoms with Crippen LogP contribution in [0, 0.1) is 5.92 Å². The highest BCUT2D eigenvalue weighted by molar-refractivity contribution is 6.42. The van der Waals surface area contributed by atoms with Crippen molar-refractivity contribution in [1.29, 1.82) is 0 Å². The average molecular weight is 504 g/mol. The molecule has 7 heteroatoms. The van der Waals surface area contributed by atoms with Crippen molar-refractivity contribution in [3.05, 3.63) is 69.7 Å². The number of hydrogen-bond donors (Lipinski definition) is 3. The maximum absolute atomic E-state index is 12.3. The Morgan fingerprint density at radius 3 is 2.47 bits per heavy atom. The Balaban J connectivity index is 1.25. The Morgan fingerprint density at radius 1 is 1.00 bits per heavy atom. The van der Waals surface area contributed by atoms with Gasteiger partial charge in [0.05, 0.1) is 10.0 Å². The lowest BCUT2D eigenvalue weighted by Gasteiger charge is -2.37. The molecule has 2 amide bonds. The van der Waals surface area contributed by atoms with Gasteiger partial charge in [0.15, 0.2) is 0 Å². The third-order valence-electron chi connectivity index (χ3n) is 7.26. The van der Waals surface area contributed by atoms with Crippen LogP contribution in [-0.2, 0) is 6.54 Å². The molecule has 2 aromatic rings. The van der Waals surface area contributed by atoms with Crippen LogP contribution < -0.4 is 16.0 Å². The van der Waals surface area contributed by atoms with E-state index in [1.165, 1.54) is 6.42 Å². The fourth-order valence-electron chi connectivity index (χ4n) is 5.31. The summed E-state index contributed by atoms with van der Waals surface area (Å²) in [5.74, 6) is 0.689. The van der Waals surface area contributed by atoms with E-state index in [1.54, 1.807) is 0 Å². The van der Waals surface area contributed by atoms with E-state index in [0.717, 1.165) is 69.4 Å². The molecule has 4 rings (SSSR count). The number of carbonyl (C=O) groups excluding carboxylic acids is 1. The third-order valence-corrected chi connectivity index (χ3v) is 8.09. The smallest absolute Gasteiger partial charge is 0.315 e. The largest absolute Gasteiger partial charge is 0.335 e. The summed E-state index contributed by atoms with van der Waals surface area (Å²) in [5, 5.41) is 10.9. The van der Waals surface area contributed by atoms with Gasteiger partial charge in [-0.25, -0.2) is 4.79 Å². The number of hydrogen-bond acceptors (Lipinski definition) is 3. The maximum atomic E-state index is 12.3. The number of carbonyl (C=O) groups is 1. The Morgan fingerprint density at radius 2 is 1.74 bits per heavy atom. The molecule has 0 aromatic heterocycles. The molecule has 0 spiro atoms. The summed E-state index contributed by atoms with van der Waals surface area (Å²) in [6.07, 6.45) is 6.65. The van der Waals surface area contributed by atoms with Crippen LogP contribution in [0.5, 0.6) is 0 Å². The molecular weight excluding hydrogens is 467 g/mol. The molecule has 2 aromatic carbocycles. The van der Waals surface area contributed by atoms with Crippen LogP contribution in [0.1, 0.15) is 55.7 Å². The molecule has 1 aliphatic carbocycles. The molecule has 3 N–H and O–H groups in total. The molecule has 34 heavy (non-hydrogen) atoms. The lowest BCUT2D eigenvalue weighted by atomic mass is 9.82. The van der Waals surface area contributed by atoms with E-state index in [2.05, 4.69) is 26.9 Å². The average Bonchev–Trinajstić information content (AvgIpc) is 2.87. The number of amides is 2. The number of nitrogens with one attached hydrogen (secondary N) is 3. The Bertz CT molecular complexity index is 912. The van der Waals surface area contributed by atoms with E-state index in [4.69, 9.17) is 23.2 Å². The predicted molar refractivity (Wildman–Crippen MR) is 140 cm³/mol. The van der Waals surface area contributed by atoms with Gasteiger partial charge in [0.2, 0.25) is 0 Å². The van der Waals surface area contributed by atoms with Crippen molar-refractivity contribution >= 4 is 29.2 Å². The second-order valence-corrected chi connectivity index (χ2v) is 10.3. The Labute approximate surface area is 213 Å². The summed E-state index contributed by atoms with van der Waals surface area (Å²) >= 11 is 13.0. The van der Waals surface area contributed by atoms with E-state index in [1.807, 2.05) is 42.5 Å². The van der Waals surface area contributed by atoms with Crippen LogP contribution in [0.25, 0.3) is 0 Å². The van der Waals surface area contributed by atoms with Crippen molar-refractivity contribution in [2.24, 2.45) is 5.92 Å². The number of rotatable bonds is 8. The highest BCUT2D eigenvalue weighted by Crippen LogP contribution is 2.38. The molecule has 1 unspecified atom stereocenters. The first-order chi connectivity index (χ1) is 16.6. The minimum absolute atomic E-state index is 0.0679. The zero-order valence-electron chi connectivity index (χ0n) is 19.7. The van der Waals surface area contributed by atoms with E-state index in [0.29, 0.717) is 28.5 Å². The summed E-state index contributed by atoms with van der Waals surface area (Å²) in [5.41, 5.74) is 2.27. The zero-order valence-corrected chi connectivity index (χ0v) is 21.3. The second-order valence-electron chi connectivity index (χ2n) is 9.55. The number of urea groups is 1. The molecule has 1 atom stereocenters. The van der Waals surface area contributed by atoms with Crippen molar-refractivity contribution in [3.63, 3.8) is 0 Å². The van der Waals surface area contributed by atoms with Crippen molar-refractivity contribution in [2.45, 2.75) is 57.2 Å². The van der Waals surface area contributed by atoms with Crippen molar-refractivity contribution in [3.8, 4) is 0 Å². The van der Waals surface area contributed by atoms with Gasteiger partial charge in [0.25, 0.3) is 0 Å².